The second kappa shape index (κ2) is 7.31. The number of ether oxygens (including phenoxy) is 3. The van der Waals surface area contributed by atoms with Crippen molar-refractivity contribution in [3.05, 3.63) is 51.7 Å². The number of Topliss-reactive ketones (excluding diaryl/α,β-unsaturated/α-hetero) is 1. The summed E-state index contributed by atoms with van der Waals surface area (Å²) in [6.45, 7) is 2.70. The lowest BCUT2D eigenvalue weighted by atomic mass is 10.2. The van der Waals surface area contributed by atoms with E-state index in [1.807, 2.05) is 19.1 Å². The van der Waals surface area contributed by atoms with Gasteiger partial charge in [-0.1, -0.05) is 6.07 Å². The number of carbonyl (C=O) groups excluding carboxylic acids is 2. The van der Waals surface area contributed by atoms with Crippen molar-refractivity contribution in [2.45, 2.75) is 6.92 Å². The molecule has 0 saturated carbocycles. The minimum atomic E-state index is -0.563. The summed E-state index contributed by atoms with van der Waals surface area (Å²) in [5.41, 5.74) is 0.788. The van der Waals surface area contributed by atoms with Gasteiger partial charge in [0.1, 0.15) is 13.2 Å². The van der Waals surface area contributed by atoms with Gasteiger partial charge in [0.25, 0.3) is 0 Å². The van der Waals surface area contributed by atoms with Crippen molar-refractivity contribution in [1.29, 1.82) is 0 Å². The highest BCUT2D eigenvalue weighted by molar-refractivity contribution is 7.14. The zero-order valence-electron chi connectivity index (χ0n) is 13.1. The van der Waals surface area contributed by atoms with E-state index in [0.717, 1.165) is 10.4 Å². The molecule has 0 saturated heterocycles. The third kappa shape index (κ3) is 4.02. The first-order chi connectivity index (χ1) is 11.6. The highest BCUT2D eigenvalue weighted by Gasteiger charge is 2.12. The maximum Gasteiger partial charge on any atom is 0.331 e. The molecule has 0 atom stereocenters. The quantitative estimate of drug-likeness (QED) is 0.473. The van der Waals surface area contributed by atoms with Crippen LogP contribution in [0.2, 0.25) is 0 Å². The van der Waals surface area contributed by atoms with Crippen molar-refractivity contribution >= 4 is 29.2 Å². The Balaban J connectivity index is 1.54. The molecule has 0 aliphatic carbocycles. The number of carbonyl (C=O) groups is 2. The molecule has 1 aromatic heterocycles. The average molecular weight is 344 g/mol. The van der Waals surface area contributed by atoms with E-state index in [1.165, 1.54) is 17.4 Å². The molecule has 1 aromatic carbocycles. The molecule has 0 unspecified atom stereocenters. The minimum Gasteiger partial charge on any atom is -0.486 e. The third-order valence-corrected chi connectivity index (χ3v) is 4.38. The fourth-order valence-electron chi connectivity index (χ4n) is 2.17. The van der Waals surface area contributed by atoms with Crippen LogP contribution in [0.5, 0.6) is 11.5 Å². The van der Waals surface area contributed by atoms with Gasteiger partial charge < -0.3 is 14.2 Å². The van der Waals surface area contributed by atoms with Crippen LogP contribution in [0.1, 0.15) is 20.1 Å². The maximum absolute atomic E-state index is 11.9. The number of ketones is 1. The van der Waals surface area contributed by atoms with Gasteiger partial charge in [0.05, 0.1) is 4.88 Å². The Morgan fingerprint density at radius 3 is 2.71 bits per heavy atom. The monoisotopic (exact) mass is 344 g/mol. The van der Waals surface area contributed by atoms with Gasteiger partial charge in [-0.05, 0) is 42.8 Å². The summed E-state index contributed by atoms with van der Waals surface area (Å²) in [7, 11) is 0. The van der Waals surface area contributed by atoms with Crippen molar-refractivity contribution < 1.29 is 23.8 Å². The molecule has 1 aliphatic heterocycles. The van der Waals surface area contributed by atoms with Crippen LogP contribution in [0.4, 0.5) is 0 Å². The smallest absolute Gasteiger partial charge is 0.331 e. The summed E-state index contributed by atoms with van der Waals surface area (Å²) in [6, 6.07) is 9.00. The summed E-state index contributed by atoms with van der Waals surface area (Å²) >= 11 is 1.39. The van der Waals surface area contributed by atoms with Crippen LogP contribution < -0.4 is 9.47 Å². The molecule has 0 fully saturated rings. The standard InChI is InChI=1S/C18H16O5S/c1-12-2-6-17(24-12)14(19)11-23-18(20)7-4-13-3-5-15-16(10-13)22-9-8-21-15/h2-7,10H,8-9,11H2,1H3/b7-4+. The molecular weight excluding hydrogens is 328 g/mol. The Morgan fingerprint density at radius 2 is 1.96 bits per heavy atom. The number of esters is 1. The van der Waals surface area contributed by atoms with Gasteiger partial charge in [0.15, 0.2) is 18.1 Å². The van der Waals surface area contributed by atoms with Crippen LogP contribution in [0, 0.1) is 6.92 Å². The summed E-state index contributed by atoms with van der Waals surface area (Å²) in [6.07, 6.45) is 2.90. The molecule has 2 aromatic rings. The van der Waals surface area contributed by atoms with Crippen molar-refractivity contribution in [2.24, 2.45) is 0 Å². The Bertz CT molecular complexity index is 790. The number of thiophene rings is 1. The van der Waals surface area contributed by atoms with Crippen LogP contribution >= 0.6 is 11.3 Å². The number of hydrogen-bond donors (Lipinski definition) is 0. The van der Waals surface area contributed by atoms with Crippen LogP contribution in [-0.2, 0) is 9.53 Å². The molecule has 2 heterocycles. The van der Waals surface area contributed by atoms with E-state index >= 15 is 0 Å². The van der Waals surface area contributed by atoms with Crippen LogP contribution in [-0.4, -0.2) is 31.6 Å². The molecule has 0 spiro atoms. The number of hydrogen-bond acceptors (Lipinski definition) is 6. The summed E-state index contributed by atoms with van der Waals surface area (Å²) in [5.74, 6) is 0.582. The van der Waals surface area contributed by atoms with E-state index in [-0.39, 0.29) is 12.4 Å². The first kappa shape index (κ1) is 16.3. The Labute approximate surface area is 143 Å². The molecule has 24 heavy (non-hydrogen) atoms. The van der Waals surface area contributed by atoms with Crippen molar-refractivity contribution in [3.8, 4) is 11.5 Å². The molecule has 6 heteroatoms. The fraction of sp³-hybridized carbons (Fsp3) is 0.222. The van der Waals surface area contributed by atoms with Crippen LogP contribution in [0.3, 0.4) is 0 Å². The molecule has 0 radical (unpaired) electrons. The van der Waals surface area contributed by atoms with Gasteiger partial charge in [0, 0.05) is 11.0 Å². The lowest BCUT2D eigenvalue weighted by molar-refractivity contribution is -0.136. The molecule has 124 valence electrons. The first-order valence-corrected chi connectivity index (χ1v) is 8.27. The van der Waals surface area contributed by atoms with E-state index in [2.05, 4.69) is 0 Å². The van der Waals surface area contributed by atoms with Crippen LogP contribution in [0.25, 0.3) is 6.08 Å². The Hall–Kier alpha value is -2.60. The van der Waals surface area contributed by atoms with Gasteiger partial charge in [-0.25, -0.2) is 4.79 Å². The van der Waals surface area contributed by atoms with E-state index in [1.54, 1.807) is 24.3 Å². The second-order valence-corrected chi connectivity index (χ2v) is 6.47. The molecule has 0 amide bonds. The Morgan fingerprint density at radius 1 is 1.17 bits per heavy atom. The second-order valence-electron chi connectivity index (χ2n) is 5.18. The summed E-state index contributed by atoms with van der Waals surface area (Å²) in [4.78, 5) is 25.2. The highest BCUT2D eigenvalue weighted by atomic mass is 32.1. The predicted octanol–water partition coefficient (Wildman–Crippen LogP) is 3.27. The first-order valence-electron chi connectivity index (χ1n) is 7.46. The lowest BCUT2D eigenvalue weighted by Crippen LogP contribution is -2.15. The van der Waals surface area contributed by atoms with E-state index in [9.17, 15) is 9.59 Å². The van der Waals surface area contributed by atoms with E-state index in [0.29, 0.717) is 29.6 Å². The fourth-order valence-corrected chi connectivity index (χ4v) is 2.96. The molecule has 3 rings (SSSR count). The van der Waals surface area contributed by atoms with Crippen molar-refractivity contribution in [2.75, 3.05) is 19.8 Å². The van der Waals surface area contributed by atoms with Gasteiger partial charge in [0.2, 0.25) is 5.78 Å². The van der Waals surface area contributed by atoms with Gasteiger partial charge in [-0.15, -0.1) is 11.3 Å². The number of fused-ring (bicyclic) bond motifs is 1. The molecule has 0 N–H and O–H groups in total. The molecule has 1 aliphatic rings. The largest absolute Gasteiger partial charge is 0.486 e. The third-order valence-electron chi connectivity index (χ3n) is 3.34. The SMILES string of the molecule is Cc1ccc(C(=O)COC(=O)/C=C/c2ccc3c(c2)OCCO3)s1. The maximum atomic E-state index is 11.9. The zero-order chi connectivity index (χ0) is 16.9. The van der Waals surface area contributed by atoms with Gasteiger partial charge >= 0.3 is 5.97 Å². The Kier molecular flexibility index (Phi) is 4.96. The number of benzene rings is 1. The lowest BCUT2D eigenvalue weighted by Gasteiger charge is -2.18. The van der Waals surface area contributed by atoms with Gasteiger partial charge in [-0.2, -0.15) is 0 Å². The summed E-state index contributed by atoms with van der Waals surface area (Å²) < 4.78 is 15.9. The van der Waals surface area contributed by atoms with Crippen molar-refractivity contribution in [1.82, 2.24) is 0 Å². The predicted molar refractivity (Wildman–Crippen MR) is 90.8 cm³/mol. The minimum absolute atomic E-state index is 0.200. The summed E-state index contributed by atoms with van der Waals surface area (Å²) in [5, 5.41) is 0. The van der Waals surface area contributed by atoms with E-state index in [4.69, 9.17) is 14.2 Å². The van der Waals surface area contributed by atoms with Crippen LogP contribution in [0.15, 0.2) is 36.4 Å². The molecule has 0 bridgehead atoms. The number of aryl methyl sites for hydroxylation is 1. The molecular formula is C18H16O5S. The van der Waals surface area contributed by atoms with Crippen molar-refractivity contribution in [3.63, 3.8) is 0 Å². The average Bonchev–Trinajstić information content (AvgIpc) is 3.04. The zero-order valence-corrected chi connectivity index (χ0v) is 13.9. The highest BCUT2D eigenvalue weighted by Crippen LogP contribution is 2.31. The number of rotatable bonds is 5. The molecule has 5 nitrogen and oxygen atoms in total. The van der Waals surface area contributed by atoms with E-state index < -0.39 is 5.97 Å². The topological polar surface area (TPSA) is 61.8 Å². The van der Waals surface area contributed by atoms with Gasteiger partial charge in [-0.3, -0.25) is 4.79 Å². The normalized spacial score (nSPS) is 13.0.